The molecule has 1 aliphatic heterocycles. The van der Waals surface area contributed by atoms with Crippen molar-refractivity contribution in [3.63, 3.8) is 0 Å². The largest absolute Gasteiger partial charge is 0.300 e. The van der Waals surface area contributed by atoms with E-state index in [1.54, 1.807) is 0 Å². The zero-order valence-electron chi connectivity index (χ0n) is 4.76. The lowest BCUT2D eigenvalue weighted by Gasteiger charge is -2.03. The van der Waals surface area contributed by atoms with E-state index in [-0.39, 0.29) is 0 Å². The maximum absolute atomic E-state index is 4.03. The first kappa shape index (κ1) is 4.62. The van der Waals surface area contributed by atoms with Crippen molar-refractivity contribution in [1.82, 2.24) is 5.01 Å². The maximum Gasteiger partial charge on any atom is 0.0432 e. The van der Waals surface area contributed by atoms with Crippen LogP contribution < -0.4 is 0 Å². The molecule has 0 fully saturated rings. The summed E-state index contributed by atoms with van der Waals surface area (Å²) in [5.41, 5.74) is 0. The Labute approximate surface area is 43.8 Å². The number of hydrazone groups is 1. The van der Waals surface area contributed by atoms with Crippen molar-refractivity contribution < 1.29 is 0 Å². The fourth-order valence-electron chi connectivity index (χ4n) is 0.739. The van der Waals surface area contributed by atoms with Gasteiger partial charge in [-0.05, 0) is 0 Å². The average molecular weight is 98.1 g/mol. The van der Waals surface area contributed by atoms with Crippen LogP contribution in [-0.4, -0.2) is 24.8 Å². The number of hydrogen-bond donors (Lipinski definition) is 0. The van der Waals surface area contributed by atoms with Crippen molar-refractivity contribution in [3.8, 4) is 0 Å². The minimum absolute atomic E-state index is 0.657. The monoisotopic (exact) mass is 98.1 g/mol. The summed E-state index contributed by atoms with van der Waals surface area (Å²) >= 11 is 0. The Morgan fingerprint density at radius 1 is 1.86 bits per heavy atom. The van der Waals surface area contributed by atoms with Gasteiger partial charge < -0.3 is 0 Å². The molecule has 1 aliphatic rings. The van der Waals surface area contributed by atoms with Gasteiger partial charge in [0.25, 0.3) is 0 Å². The van der Waals surface area contributed by atoms with E-state index in [0.717, 1.165) is 6.54 Å². The molecule has 0 amide bonds. The fourth-order valence-corrected chi connectivity index (χ4v) is 0.739. The molecule has 2 nitrogen and oxygen atoms in total. The highest BCUT2D eigenvalue weighted by molar-refractivity contribution is 5.61. The minimum atomic E-state index is 0.657. The second-order valence-corrected chi connectivity index (χ2v) is 2.08. The average Bonchev–Trinajstić information content (AvgIpc) is 1.87. The number of rotatable bonds is 0. The lowest BCUT2D eigenvalue weighted by Crippen LogP contribution is -2.10. The Hall–Kier alpha value is -0.530. The molecule has 1 rings (SSSR count). The van der Waals surface area contributed by atoms with Gasteiger partial charge in [-0.15, -0.1) is 0 Å². The number of nitrogens with zero attached hydrogens (tertiary/aromatic N) is 2. The predicted molar refractivity (Wildman–Crippen MR) is 30.3 cm³/mol. The van der Waals surface area contributed by atoms with Gasteiger partial charge in [0.15, 0.2) is 0 Å². The van der Waals surface area contributed by atoms with Gasteiger partial charge in [0, 0.05) is 25.7 Å². The van der Waals surface area contributed by atoms with E-state index >= 15 is 0 Å². The van der Waals surface area contributed by atoms with Gasteiger partial charge in [0.05, 0.1) is 0 Å². The summed E-state index contributed by atoms with van der Waals surface area (Å²) in [6, 6.07) is 0. The summed E-state index contributed by atoms with van der Waals surface area (Å²) in [5.74, 6) is 0.657. The molecule has 0 saturated heterocycles. The van der Waals surface area contributed by atoms with Crippen LogP contribution >= 0.6 is 0 Å². The Kier molecular flexibility index (Phi) is 1.01. The smallest absolute Gasteiger partial charge is 0.0432 e. The van der Waals surface area contributed by atoms with Crippen molar-refractivity contribution in [1.29, 1.82) is 0 Å². The summed E-state index contributed by atoms with van der Waals surface area (Å²) in [6.45, 7) is 3.24. The molecule has 1 heterocycles. The second kappa shape index (κ2) is 1.52. The van der Waals surface area contributed by atoms with Gasteiger partial charge >= 0.3 is 0 Å². The normalized spacial score (nSPS) is 29.4. The topological polar surface area (TPSA) is 15.6 Å². The molecular weight excluding hydrogens is 88.1 g/mol. The van der Waals surface area contributed by atoms with Gasteiger partial charge in [-0.3, -0.25) is 5.01 Å². The Morgan fingerprint density at radius 3 is 2.71 bits per heavy atom. The Morgan fingerprint density at radius 2 is 2.57 bits per heavy atom. The SMILES string of the molecule is C[C@@H]1C=NN(C)C1. The highest BCUT2D eigenvalue weighted by Gasteiger charge is 2.06. The molecule has 0 spiro atoms. The van der Waals surface area contributed by atoms with Gasteiger partial charge in [-0.25, -0.2) is 0 Å². The summed E-state index contributed by atoms with van der Waals surface area (Å²) < 4.78 is 0. The zero-order valence-corrected chi connectivity index (χ0v) is 4.76. The van der Waals surface area contributed by atoms with Crippen molar-refractivity contribution >= 4 is 6.21 Å². The molecule has 0 saturated carbocycles. The third-order valence-corrected chi connectivity index (χ3v) is 1.07. The molecule has 0 unspecified atom stereocenters. The van der Waals surface area contributed by atoms with E-state index in [1.807, 2.05) is 18.3 Å². The molecule has 0 N–H and O–H groups in total. The third kappa shape index (κ3) is 0.918. The van der Waals surface area contributed by atoms with Gasteiger partial charge in [0.2, 0.25) is 0 Å². The van der Waals surface area contributed by atoms with Gasteiger partial charge in [-0.1, -0.05) is 6.92 Å². The Bertz CT molecular complexity index is 78.1. The minimum Gasteiger partial charge on any atom is -0.300 e. The lowest BCUT2D eigenvalue weighted by molar-refractivity contribution is 0.368. The summed E-state index contributed by atoms with van der Waals surface area (Å²) in [5, 5.41) is 5.97. The molecule has 7 heavy (non-hydrogen) atoms. The van der Waals surface area contributed by atoms with Crippen LogP contribution in [0.25, 0.3) is 0 Å². The predicted octanol–water partition coefficient (Wildman–Crippen LogP) is 0.554. The quantitative estimate of drug-likeness (QED) is 0.432. The van der Waals surface area contributed by atoms with Crippen LogP contribution in [-0.2, 0) is 0 Å². The van der Waals surface area contributed by atoms with E-state index in [0.29, 0.717) is 5.92 Å². The molecule has 40 valence electrons. The van der Waals surface area contributed by atoms with Crippen molar-refractivity contribution in [2.45, 2.75) is 6.92 Å². The molecule has 2 heteroatoms. The molecule has 0 aromatic heterocycles. The van der Waals surface area contributed by atoms with E-state index in [1.165, 1.54) is 0 Å². The maximum atomic E-state index is 4.03. The second-order valence-electron chi connectivity index (χ2n) is 2.08. The van der Waals surface area contributed by atoms with Crippen LogP contribution in [0.4, 0.5) is 0 Å². The van der Waals surface area contributed by atoms with Crippen molar-refractivity contribution in [2.75, 3.05) is 13.6 Å². The van der Waals surface area contributed by atoms with Crippen molar-refractivity contribution in [2.24, 2.45) is 11.0 Å². The van der Waals surface area contributed by atoms with E-state index in [2.05, 4.69) is 12.0 Å². The summed E-state index contributed by atoms with van der Waals surface area (Å²) in [4.78, 5) is 0. The highest BCUT2D eigenvalue weighted by Crippen LogP contribution is 2.01. The molecule has 0 radical (unpaired) electrons. The molecule has 0 aliphatic carbocycles. The van der Waals surface area contributed by atoms with Crippen LogP contribution in [0.5, 0.6) is 0 Å². The van der Waals surface area contributed by atoms with E-state index in [9.17, 15) is 0 Å². The van der Waals surface area contributed by atoms with E-state index < -0.39 is 0 Å². The molecule has 0 aromatic rings. The van der Waals surface area contributed by atoms with Crippen LogP contribution in [0.3, 0.4) is 0 Å². The standard InChI is InChI=1S/C5H10N2/c1-5-3-6-7(2)4-5/h3,5H,4H2,1-2H3/t5-/m1/s1. The van der Waals surface area contributed by atoms with Crippen LogP contribution in [0, 0.1) is 5.92 Å². The van der Waals surface area contributed by atoms with Crippen LogP contribution in [0.15, 0.2) is 5.10 Å². The first-order chi connectivity index (χ1) is 3.29. The molecular formula is C5H10N2. The van der Waals surface area contributed by atoms with Crippen LogP contribution in [0.1, 0.15) is 6.92 Å². The van der Waals surface area contributed by atoms with Gasteiger partial charge in [0.1, 0.15) is 0 Å². The van der Waals surface area contributed by atoms with Crippen molar-refractivity contribution in [3.05, 3.63) is 0 Å². The molecule has 0 aromatic carbocycles. The zero-order chi connectivity index (χ0) is 5.28. The molecule has 0 bridgehead atoms. The number of hydrogen-bond acceptors (Lipinski definition) is 2. The summed E-state index contributed by atoms with van der Waals surface area (Å²) in [7, 11) is 1.99. The highest BCUT2D eigenvalue weighted by atomic mass is 15.4. The van der Waals surface area contributed by atoms with E-state index in [4.69, 9.17) is 0 Å². The molecule has 1 atom stereocenters. The third-order valence-electron chi connectivity index (χ3n) is 1.07. The summed E-state index contributed by atoms with van der Waals surface area (Å²) in [6.07, 6.45) is 1.97. The Balaban J connectivity index is 2.42. The van der Waals surface area contributed by atoms with Gasteiger partial charge in [-0.2, -0.15) is 5.10 Å². The lowest BCUT2D eigenvalue weighted by atomic mass is 10.2. The van der Waals surface area contributed by atoms with Crippen LogP contribution in [0.2, 0.25) is 0 Å². The first-order valence-corrected chi connectivity index (χ1v) is 2.54. The first-order valence-electron chi connectivity index (χ1n) is 2.54. The fraction of sp³-hybridized carbons (Fsp3) is 0.800.